The van der Waals surface area contributed by atoms with E-state index in [1.54, 1.807) is 0 Å². The van der Waals surface area contributed by atoms with Gasteiger partial charge in [0.05, 0.1) is 5.60 Å². The predicted octanol–water partition coefficient (Wildman–Crippen LogP) is 3.18. The summed E-state index contributed by atoms with van der Waals surface area (Å²) in [5, 5.41) is 0. The topological polar surface area (TPSA) is 38.5 Å². The number of hydrogen-bond donors (Lipinski definition) is 1. The quantitative estimate of drug-likeness (QED) is 0.841. The Balaban J connectivity index is 2.01. The Morgan fingerprint density at radius 3 is 2.50 bits per heavy atom. The van der Waals surface area contributed by atoms with Crippen molar-refractivity contribution >= 4 is 0 Å². The molecular weight excluding hydrogens is 248 g/mol. The van der Waals surface area contributed by atoms with E-state index in [9.17, 15) is 0 Å². The normalized spacial score (nSPS) is 37.2. The first-order chi connectivity index (χ1) is 9.57. The molecular formula is C17H34N2O. The minimum atomic E-state index is 0.0257. The van der Waals surface area contributed by atoms with Crippen molar-refractivity contribution in [3.05, 3.63) is 0 Å². The van der Waals surface area contributed by atoms with Gasteiger partial charge in [0.15, 0.2) is 0 Å². The molecule has 3 nitrogen and oxygen atoms in total. The third-order valence-electron chi connectivity index (χ3n) is 5.83. The molecule has 0 spiro atoms. The molecule has 2 saturated heterocycles. The molecule has 2 aliphatic heterocycles. The van der Waals surface area contributed by atoms with Gasteiger partial charge in [0, 0.05) is 18.7 Å². The van der Waals surface area contributed by atoms with E-state index in [4.69, 9.17) is 10.5 Å². The summed E-state index contributed by atoms with van der Waals surface area (Å²) < 4.78 is 6.04. The maximum absolute atomic E-state index is 6.24. The third-order valence-corrected chi connectivity index (χ3v) is 5.83. The number of nitrogens with zero attached hydrogens (tertiary/aromatic N) is 1. The third kappa shape index (κ3) is 3.37. The summed E-state index contributed by atoms with van der Waals surface area (Å²) in [6.07, 6.45) is 8.75. The summed E-state index contributed by atoms with van der Waals surface area (Å²) in [5.41, 5.74) is 6.46. The summed E-state index contributed by atoms with van der Waals surface area (Å²) in [7, 11) is 0. The second-order valence-corrected chi connectivity index (χ2v) is 7.23. The van der Waals surface area contributed by atoms with Crippen LogP contribution >= 0.6 is 0 Å². The Morgan fingerprint density at radius 2 is 1.95 bits per heavy atom. The van der Waals surface area contributed by atoms with Crippen molar-refractivity contribution in [3.63, 3.8) is 0 Å². The molecule has 0 amide bonds. The summed E-state index contributed by atoms with van der Waals surface area (Å²) in [6.45, 7) is 10.9. The molecule has 2 N–H and O–H groups in total. The molecule has 0 saturated carbocycles. The first-order valence-electron chi connectivity index (χ1n) is 8.66. The lowest BCUT2D eigenvalue weighted by Crippen LogP contribution is -2.62. The van der Waals surface area contributed by atoms with Gasteiger partial charge in [-0.2, -0.15) is 0 Å². The van der Waals surface area contributed by atoms with Gasteiger partial charge in [-0.25, -0.2) is 0 Å². The second kappa shape index (κ2) is 6.76. The summed E-state index contributed by atoms with van der Waals surface area (Å²) in [5.74, 6) is 0.948. The molecule has 0 aromatic rings. The fourth-order valence-electron chi connectivity index (χ4n) is 4.23. The van der Waals surface area contributed by atoms with Crippen molar-refractivity contribution in [2.24, 2.45) is 11.7 Å². The average molecular weight is 282 g/mol. The van der Waals surface area contributed by atoms with Crippen LogP contribution in [-0.2, 0) is 4.74 Å². The van der Waals surface area contributed by atoms with Crippen LogP contribution in [0.1, 0.15) is 65.7 Å². The van der Waals surface area contributed by atoms with E-state index < -0.39 is 0 Å². The smallest absolute Gasteiger partial charge is 0.0670 e. The molecule has 2 heterocycles. The minimum absolute atomic E-state index is 0.0257. The fourth-order valence-corrected chi connectivity index (χ4v) is 4.23. The highest BCUT2D eigenvalue weighted by molar-refractivity contribution is 5.01. The van der Waals surface area contributed by atoms with Gasteiger partial charge in [-0.3, -0.25) is 4.90 Å². The molecule has 2 unspecified atom stereocenters. The Morgan fingerprint density at radius 1 is 1.25 bits per heavy atom. The second-order valence-electron chi connectivity index (χ2n) is 7.23. The van der Waals surface area contributed by atoms with Gasteiger partial charge < -0.3 is 10.5 Å². The van der Waals surface area contributed by atoms with Crippen molar-refractivity contribution in [3.8, 4) is 0 Å². The number of nitrogens with two attached hydrogens (primary N) is 1. The molecule has 118 valence electrons. The van der Waals surface area contributed by atoms with E-state index in [-0.39, 0.29) is 11.1 Å². The largest absolute Gasteiger partial charge is 0.375 e. The van der Waals surface area contributed by atoms with Crippen LogP contribution in [0.2, 0.25) is 0 Å². The van der Waals surface area contributed by atoms with E-state index in [1.807, 2.05) is 0 Å². The number of ether oxygens (including phenoxy) is 1. The molecule has 2 aliphatic rings. The lowest BCUT2D eigenvalue weighted by molar-refractivity contribution is -0.133. The summed E-state index contributed by atoms with van der Waals surface area (Å²) >= 11 is 0. The Bertz CT molecular complexity index is 301. The highest BCUT2D eigenvalue weighted by Crippen LogP contribution is 2.39. The number of hydrogen-bond acceptors (Lipinski definition) is 3. The van der Waals surface area contributed by atoms with Gasteiger partial charge in [0.25, 0.3) is 0 Å². The van der Waals surface area contributed by atoms with E-state index in [2.05, 4.69) is 25.7 Å². The van der Waals surface area contributed by atoms with Crippen LogP contribution in [0.5, 0.6) is 0 Å². The van der Waals surface area contributed by atoms with Gasteiger partial charge in [-0.15, -0.1) is 0 Å². The molecule has 0 radical (unpaired) electrons. The van der Waals surface area contributed by atoms with Crippen LogP contribution in [0.3, 0.4) is 0 Å². The lowest BCUT2D eigenvalue weighted by Gasteiger charge is -2.53. The first kappa shape index (κ1) is 16.3. The highest BCUT2D eigenvalue weighted by Gasteiger charge is 2.45. The van der Waals surface area contributed by atoms with E-state index in [0.29, 0.717) is 0 Å². The summed E-state index contributed by atoms with van der Waals surface area (Å²) in [6, 6.07) is 0. The molecule has 2 fully saturated rings. The Labute approximate surface area is 125 Å². The standard InChI is InChI=1S/C17H34N2O/c1-4-6-15-7-10-19(11-8-15)17(14-18)9-12-20-16(3,5-2)13-17/h15H,4-14,18H2,1-3H3. The highest BCUT2D eigenvalue weighted by atomic mass is 16.5. The molecule has 0 aliphatic carbocycles. The van der Waals surface area contributed by atoms with Crippen molar-refractivity contribution in [1.29, 1.82) is 0 Å². The van der Waals surface area contributed by atoms with Crippen molar-refractivity contribution in [1.82, 2.24) is 4.90 Å². The SMILES string of the molecule is CCCC1CCN(C2(CN)CCOC(C)(CC)C2)CC1. The molecule has 0 aromatic carbocycles. The van der Waals surface area contributed by atoms with Crippen LogP contribution in [0, 0.1) is 5.92 Å². The van der Waals surface area contributed by atoms with Gasteiger partial charge >= 0.3 is 0 Å². The predicted molar refractivity (Wildman–Crippen MR) is 84.9 cm³/mol. The van der Waals surface area contributed by atoms with E-state index >= 15 is 0 Å². The molecule has 0 aromatic heterocycles. The van der Waals surface area contributed by atoms with Crippen molar-refractivity contribution in [2.45, 2.75) is 76.9 Å². The minimum Gasteiger partial charge on any atom is -0.375 e. The lowest BCUT2D eigenvalue weighted by atomic mass is 9.76. The summed E-state index contributed by atoms with van der Waals surface area (Å²) in [4.78, 5) is 2.70. The first-order valence-corrected chi connectivity index (χ1v) is 8.66. The molecule has 3 heteroatoms. The van der Waals surface area contributed by atoms with Crippen LogP contribution in [0.25, 0.3) is 0 Å². The molecule has 2 atom stereocenters. The van der Waals surface area contributed by atoms with Crippen molar-refractivity contribution < 1.29 is 4.74 Å². The zero-order chi connectivity index (χ0) is 14.6. The van der Waals surface area contributed by atoms with E-state index in [0.717, 1.165) is 38.3 Å². The van der Waals surface area contributed by atoms with Gasteiger partial charge in [-0.1, -0.05) is 26.7 Å². The number of rotatable bonds is 5. The zero-order valence-corrected chi connectivity index (χ0v) is 13.8. The number of likely N-dealkylation sites (tertiary alicyclic amines) is 1. The molecule has 0 bridgehead atoms. The van der Waals surface area contributed by atoms with Crippen LogP contribution in [-0.4, -0.2) is 42.3 Å². The fraction of sp³-hybridized carbons (Fsp3) is 1.00. The maximum atomic E-state index is 6.24. The molecule has 2 rings (SSSR count). The van der Waals surface area contributed by atoms with E-state index in [1.165, 1.54) is 38.8 Å². The van der Waals surface area contributed by atoms with Crippen LogP contribution in [0.4, 0.5) is 0 Å². The number of piperidine rings is 1. The Hall–Kier alpha value is -0.120. The van der Waals surface area contributed by atoms with Crippen LogP contribution in [0.15, 0.2) is 0 Å². The van der Waals surface area contributed by atoms with Gasteiger partial charge in [0.2, 0.25) is 0 Å². The van der Waals surface area contributed by atoms with Crippen LogP contribution < -0.4 is 5.73 Å². The molecule has 20 heavy (non-hydrogen) atoms. The average Bonchev–Trinajstić information content (AvgIpc) is 2.48. The Kier molecular flexibility index (Phi) is 5.49. The maximum Gasteiger partial charge on any atom is 0.0670 e. The van der Waals surface area contributed by atoms with Gasteiger partial charge in [0.1, 0.15) is 0 Å². The van der Waals surface area contributed by atoms with Gasteiger partial charge in [-0.05, 0) is 58.0 Å². The zero-order valence-electron chi connectivity index (χ0n) is 13.8. The monoisotopic (exact) mass is 282 g/mol. The van der Waals surface area contributed by atoms with Crippen molar-refractivity contribution in [2.75, 3.05) is 26.2 Å².